The fourth-order valence-corrected chi connectivity index (χ4v) is 13.7. The summed E-state index contributed by atoms with van der Waals surface area (Å²) < 4.78 is 36.9. The first-order chi connectivity index (χ1) is 17.9. The number of carbonyl (C=O) groups excluding carboxylic acids is 1. The molecule has 0 aliphatic heterocycles. The lowest BCUT2D eigenvalue weighted by Gasteiger charge is -2.42. The number of benzene rings is 2. The zero-order valence-electron chi connectivity index (χ0n) is 24.2. The maximum absolute atomic E-state index is 14.1. The lowest BCUT2D eigenvalue weighted by Crippen LogP contribution is -2.50. The maximum atomic E-state index is 14.1. The first-order valence-corrected chi connectivity index (χ1v) is 17.6. The standard InChI is InChI=1S/C31H43NO4SSi/c1-20(2)38(21(3)4,22(5)6)36-30-16-15-29-31(26(30)17-18-33)27-19-24(8)11-14-28(27)32(29)37(34,35)25-12-9-23(7)10-13-25/h9-10,12-13,15-16,18,20-22,24H,11,14,17,19H2,1-8H3. The van der Waals surface area contributed by atoms with Gasteiger partial charge in [-0.3, -0.25) is 0 Å². The third-order valence-corrected chi connectivity index (χ3v) is 16.4. The minimum Gasteiger partial charge on any atom is -0.542 e. The molecule has 2 aromatic carbocycles. The third-order valence-electron chi connectivity index (χ3n) is 8.63. The van der Waals surface area contributed by atoms with E-state index in [4.69, 9.17) is 4.43 Å². The van der Waals surface area contributed by atoms with Gasteiger partial charge in [-0.1, -0.05) is 66.2 Å². The Labute approximate surface area is 229 Å². The molecular weight excluding hydrogens is 510 g/mol. The average Bonchev–Trinajstić information content (AvgIpc) is 3.17. The van der Waals surface area contributed by atoms with Crippen LogP contribution in [0, 0.1) is 12.8 Å². The Balaban J connectivity index is 2.04. The van der Waals surface area contributed by atoms with Gasteiger partial charge >= 0.3 is 0 Å². The SMILES string of the molecule is Cc1ccc(S(=O)(=O)n2c3c(c4c(CC=O)c(O[Si](C(C)C)(C(C)C)C(C)C)ccc42)CC(C)CC3)cc1. The van der Waals surface area contributed by atoms with Crippen LogP contribution >= 0.6 is 0 Å². The summed E-state index contributed by atoms with van der Waals surface area (Å²) in [5.74, 6) is 1.19. The van der Waals surface area contributed by atoms with Crippen molar-refractivity contribution in [3.8, 4) is 5.75 Å². The highest BCUT2D eigenvalue weighted by atomic mass is 32.2. The molecule has 1 aromatic heterocycles. The molecule has 3 aromatic rings. The minimum absolute atomic E-state index is 0.195. The van der Waals surface area contributed by atoms with Crippen LogP contribution in [0.3, 0.4) is 0 Å². The second-order valence-corrected chi connectivity index (χ2v) is 19.2. The van der Waals surface area contributed by atoms with Gasteiger partial charge in [0, 0.05) is 23.1 Å². The molecule has 1 unspecified atom stereocenters. The molecule has 1 aliphatic carbocycles. The van der Waals surface area contributed by atoms with Crippen LogP contribution in [0.25, 0.3) is 10.9 Å². The number of hydrogen-bond donors (Lipinski definition) is 0. The molecule has 0 fully saturated rings. The van der Waals surface area contributed by atoms with E-state index in [0.29, 0.717) is 34.5 Å². The Kier molecular flexibility index (Phi) is 8.02. The van der Waals surface area contributed by atoms with Crippen LogP contribution in [-0.2, 0) is 34.1 Å². The van der Waals surface area contributed by atoms with E-state index >= 15 is 0 Å². The molecule has 1 aliphatic rings. The lowest BCUT2D eigenvalue weighted by atomic mass is 9.86. The molecule has 0 N–H and O–H groups in total. The van der Waals surface area contributed by atoms with E-state index in [1.54, 1.807) is 16.1 Å². The molecule has 38 heavy (non-hydrogen) atoms. The maximum Gasteiger partial charge on any atom is 0.268 e. The Morgan fingerprint density at radius 3 is 2.16 bits per heavy atom. The van der Waals surface area contributed by atoms with Gasteiger partial charge in [-0.05, 0) is 78.6 Å². The highest BCUT2D eigenvalue weighted by molar-refractivity contribution is 7.90. The largest absolute Gasteiger partial charge is 0.542 e. The summed E-state index contributed by atoms with van der Waals surface area (Å²) in [6.45, 7) is 17.7. The molecule has 5 nitrogen and oxygen atoms in total. The zero-order valence-corrected chi connectivity index (χ0v) is 26.0. The summed E-state index contributed by atoms with van der Waals surface area (Å²) in [5.41, 5.74) is 5.54. The number of hydrogen-bond acceptors (Lipinski definition) is 4. The first kappa shape index (κ1) is 28.6. The van der Waals surface area contributed by atoms with Crippen molar-refractivity contribution in [2.75, 3.05) is 0 Å². The van der Waals surface area contributed by atoms with E-state index in [2.05, 4.69) is 48.5 Å². The van der Waals surface area contributed by atoms with Gasteiger partial charge in [-0.25, -0.2) is 12.4 Å². The smallest absolute Gasteiger partial charge is 0.268 e. The number of carbonyl (C=O) groups is 1. The molecule has 0 radical (unpaired) electrons. The van der Waals surface area contributed by atoms with Crippen molar-refractivity contribution in [2.24, 2.45) is 5.92 Å². The Morgan fingerprint density at radius 1 is 1.00 bits per heavy atom. The van der Waals surface area contributed by atoms with Crippen LogP contribution in [0.5, 0.6) is 5.75 Å². The van der Waals surface area contributed by atoms with E-state index in [9.17, 15) is 13.2 Å². The van der Waals surface area contributed by atoms with E-state index in [-0.39, 0.29) is 11.3 Å². The van der Waals surface area contributed by atoms with Crippen LogP contribution < -0.4 is 4.43 Å². The number of nitrogens with zero attached hydrogens (tertiary/aromatic N) is 1. The predicted molar refractivity (Wildman–Crippen MR) is 158 cm³/mol. The van der Waals surface area contributed by atoms with Crippen LogP contribution in [0.4, 0.5) is 0 Å². The fraction of sp³-hybridized carbons (Fsp3) is 0.516. The van der Waals surface area contributed by atoms with Gasteiger partial charge in [0.25, 0.3) is 18.3 Å². The summed E-state index contributed by atoms with van der Waals surface area (Å²) in [7, 11) is -6.12. The molecular formula is C31H43NO4SSi. The van der Waals surface area contributed by atoms with Gasteiger partial charge in [0.05, 0.1) is 10.4 Å². The summed E-state index contributed by atoms with van der Waals surface area (Å²) in [6.07, 6.45) is 3.54. The summed E-state index contributed by atoms with van der Waals surface area (Å²) >= 11 is 0. The number of fused-ring (bicyclic) bond motifs is 3. The van der Waals surface area contributed by atoms with Gasteiger partial charge in [-0.2, -0.15) is 0 Å². The normalized spacial score (nSPS) is 16.4. The van der Waals surface area contributed by atoms with Crippen molar-refractivity contribution >= 4 is 35.5 Å². The topological polar surface area (TPSA) is 65.4 Å². The fourth-order valence-electron chi connectivity index (χ4n) is 6.86. The molecule has 0 amide bonds. The monoisotopic (exact) mass is 553 g/mol. The molecule has 0 saturated carbocycles. The molecule has 0 saturated heterocycles. The molecule has 0 spiro atoms. The van der Waals surface area contributed by atoms with Crippen LogP contribution in [-0.4, -0.2) is 27.0 Å². The quantitative estimate of drug-likeness (QED) is 0.202. The highest BCUT2D eigenvalue weighted by Gasteiger charge is 2.47. The molecule has 7 heteroatoms. The number of aldehydes is 1. The van der Waals surface area contributed by atoms with Crippen molar-refractivity contribution < 1.29 is 17.6 Å². The van der Waals surface area contributed by atoms with Crippen molar-refractivity contribution in [3.63, 3.8) is 0 Å². The third kappa shape index (κ3) is 4.66. The van der Waals surface area contributed by atoms with Crippen molar-refractivity contribution in [1.29, 1.82) is 0 Å². The highest BCUT2D eigenvalue weighted by Crippen LogP contribution is 2.46. The van der Waals surface area contributed by atoms with E-state index in [1.165, 1.54) is 0 Å². The second-order valence-electron chi connectivity index (χ2n) is 12.1. The Hall–Kier alpha value is -2.38. The number of aromatic nitrogens is 1. The lowest BCUT2D eigenvalue weighted by molar-refractivity contribution is -0.107. The van der Waals surface area contributed by atoms with Crippen LogP contribution in [0.1, 0.15) is 77.3 Å². The summed E-state index contributed by atoms with van der Waals surface area (Å²) in [5, 5.41) is 0.894. The molecule has 0 bridgehead atoms. The first-order valence-electron chi connectivity index (χ1n) is 14.0. The van der Waals surface area contributed by atoms with Gasteiger partial charge in [-0.15, -0.1) is 0 Å². The molecule has 206 valence electrons. The van der Waals surface area contributed by atoms with Crippen LogP contribution in [0.15, 0.2) is 41.3 Å². The minimum atomic E-state index is -3.82. The van der Waals surface area contributed by atoms with Gasteiger partial charge in [0.1, 0.15) is 12.0 Å². The van der Waals surface area contributed by atoms with Crippen molar-refractivity contribution in [2.45, 2.75) is 103 Å². The van der Waals surface area contributed by atoms with E-state index in [1.807, 2.05) is 31.2 Å². The van der Waals surface area contributed by atoms with Crippen LogP contribution in [0.2, 0.25) is 16.6 Å². The number of rotatable bonds is 9. The van der Waals surface area contributed by atoms with Gasteiger partial charge in [0.15, 0.2) is 0 Å². The van der Waals surface area contributed by atoms with Crippen molar-refractivity contribution in [3.05, 3.63) is 58.8 Å². The molecule has 1 heterocycles. The van der Waals surface area contributed by atoms with Gasteiger partial charge < -0.3 is 9.22 Å². The Morgan fingerprint density at radius 2 is 1.61 bits per heavy atom. The van der Waals surface area contributed by atoms with E-state index in [0.717, 1.165) is 52.6 Å². The zero-order chi connectivity index (χ0) is 28.0. The summed E-state index contributed by atoms with van der Waals surface area (Å²) in [6, 6.07) is 10.9. The van der Waals surface area contributed by atoms with Crippen molar-refractivity contribution in [1.82, 2.24) is 3.97 Å². The summed E-state index contributed by atoms with van der Waals surface area (Å²) in [4.78, 5) is 12.3. The number of aryl methyl sites for hydroxylation is 1. The molecule has 1 atom stereocenters. The average molecular weight is 554 g/mol. The van der Waals surface area contributed by atoms with Gasteiger partial charge in [0.2, 0.25) is 0 Å². The molecule has 4 rings (SSSR count). The Bertz CT molecular complexity index is 1410. The van der Waals surface area contributed by atoms with E-state index < -0.39 is 18.3 Å². The predicted octanol–water partition coefficient (Wildman–Crippen LogP) is 7.61. The second kappa shape index (κ2) is 10.6.